The topological polar surface area (TPSA) is 85.8 Å². The van der Waals surface area contributed by atoms with Crippen molar-refractivity contribution in [1.29, 1.82) is 0 Å². The van der Waals surface area contributed by atoms with E-state index in [1.807, 2.05) is 13.8 Å². The highest BCUT2D eigenvalue weighted by atomic mass is 19.4. The van der Waals surface area contributed by atoms with Gasteiger partial charge in [0.05, 0.1) is 11.3 Å². The lowest BCUT2D eigenvalue weighted by Gasteiger charge is -2.07. The van der Waals surface area contributed by atoms with E-state index in [1.54, 1.807) is 24.5 Å². The van der Waals surface area contributed by atoms with Crippen LogP contribution in [0.15, 0.2) is 65.3 Å². The number of aromatic nitrogens is 4. The molecule has 0 fully saturated rings. The SMILES string of the molecule is CC(C)c1cc(NC(=O)c2ccc(-c3cccc(C(F)(F)F)c3)o2)n(-c2ncccn2)n1. The Morgan fingerprint density at radius 2 is 1.81 bits per heavy atom. The molecule has 0 saturated carbocycles. The second-order valence-corrected chi connectivity index (χ2v) is 7.27. The lowest BCUT2D eigenvalue weighted by atomic mass is 10.1. The van der Waals surface area contributed by atoms with Crippen LogP contribution in [0.25, 0.3) is 17.3 Å². The largest absolute Gasteiger partial charge is 0.451 e. The second kappa shape index (κ2) is 8.29. The Bertz CT molecular complexity index is 1250. The molecule has 4 aromatic rings. The number of alkyl halides is 3. The molecule has 3 aromatic heterocycles. The first-order chi connectivity index (χ1) is 15.2. The van der Waals surface area contributed by atoms with Gasteiger partial charge >= 0.3 is 6.18 Å². The molecule has 0 bridgehead atoms. The fourth-order valence-corrected chi connectivity index (χ4v) is 2.97. The molecule has 0 unspecified atom stereocenters. The van der Waals surface area contributed by atoms with E-state index >= 15 is 0 Å². The molecule has 0 saturated heterocycles. The van der Waals surface area contributed by atoms with Crippen molar-refractivity contribution in [2.75, 3.05) is 5.32 Å². The number of hydrogen-bond acceptors (Lipinski definition) is 5. The summed E-state index contributed by atoms with van der Waals surface area (Å²) in [5, 5.41) is 7.16. The van der Waals surface area contributed by atoms with Crippen molar-refractivity contribution in [2.24, 2.45) is 0 Å². The van der Waals surface area contributed by atoms with Crippen LogP contribution in [0.1, 0.15) is 41.6 Å². The van der Waals surface area contributed by atoms with E-state index in [9.17, 15) is 18.0 Å². The molecular formula is C22H18F3N5O2. The summed E-state index contributed by atoms with van der Waals surface area (Å²) in [5.74, 6) is 0.192. The highest BCUT2D eigenvalue weighted by Crippen LogP contribution is 2.32. The number of nitrogens with zero attached hydrogens (tertiary/aromatic N) is 4. The predicted molar refractivity (Wildman–Crippen MR) is 110 cm³/mol. The fraction of sp³-hybridized carbons (Fsp3) is 0.182. The zero-order valence-electron chi connectivity index (χ0n) is 17.1. The van der Waals surface area contributed by atoms with Crippen LogP contribution < -0.4 is 5.32 Å². The molecule has 1 aromatic carbocycles. The van der Waals surface area contributed by atoms with Crippen molar-refractivity contribution >= 4 is 11.7 Å². The summed E-state index contributed by atoms with van der Waals surface area (Å²) >= 11 is 0. The van der Waals surface area contributed by atoms with Crippen LogP contribution in [0.4, 0.5) is 19.0 Å². The molecule has 1 amide bonds. The second-order valence-electron chi connectivity index (χ2n) is 7.27. The number of carbonyl (C=O) groups excluding carboxylic acids is 1. The first-order valence-electron chi connectivity index (χ1n) is 9.68. The third-order valence-corrected chi connectivity index (χ3v) is 4.61. The number of nitrogens with one attached hydrogen (secondary N) is 1. The minimum atomic E-state index is -4.48. The van der Waals surface area contributed by atoms with Crippen LogP contribution in [0.5, 0.6) is 0 Å². The maximum absolute atomic E-state index is 13.0. The maximum atomic E-state index is 13.0. The van der Waals surface area contributed by atoms with Gasteiger partial charge in [0.25, 0.3) is 11.9 Å². The molecule has 0 aliphatic heterocycles. The first-order valence-corrected chi connectivity index (χ1v) is 9.68. The standard InChI is InChI=1S/C22H18F3N5O2/c1-13(2)16-12-19(30(29-16)21-26-9-4-10-27-21)28-20(31)18-8-7-17(32-18)14-5-3-6-15(11-14)22(23,24)25/h3-13H,1-2H3,(H,28,31). The lowest BCUT2D eigenvalue weighted by Crippen LogP contribution is -2.15. The monoisotopic (exact) mass is 441 g/mol. The van der Waals surface area contributed by atoms with Gasteiger partial charge in [-0.15, -0.1) is 0 Å². The van der Waals surface area contributed by atoms with E-state index in [0.29, 0.717) is 5.82 Å². The summed E-state index contributed by atoms with van der Waals surface area (Å²) in [4.78, 5) is 21.1. The van der Waals surface area contributed by atoms with Crippen molar-refractivity contribution in [2.45, 2.75) is 25.9 Å². The van der Waals surface area contributed by atoms with E-state index in [2.05, 4.69) is 20.4 Å². The summed E-state index contributed by atoms with van der Waals surface area (Å²) in [6, 6.07) is 10.9. The number of amides is 1. The normalized spacial score (nSPS) is 11.7. The lowest BCUT2D eigenvalue weighted by molar-refractivity contribution is -0.137. The molecule has 32 heavy (non-hydrogen) atoms. The van der Waals surface area contributed by atoms with E-state index in [1.165, 1.54) is 28.9 Å². The number of furan rings is 1. The van der Waals surface area contributed by atoms with Crippen molar-refractivity contribution < 1.29 is 22.4 Å². The van der Waals surface area contributed by atoms with Gasteiger partial charge in [0.2, 0.25) is 0 Å². The van der Waals surface area contributed by atoms with Crippen LogP contribution >= 0.6 is 0 Å². The van der Waals surface area contributed by atoms with Gasteiger partial charge in [0.1, 0.15) is 11.6 Å². The molecule has 164 valence electrons. The minimum absolute atomic E-state index is 0.0646. The van der Waals surface area contributed by atoms with Gasteiger partial charge < -0.3 is 9.73 Å². The molecule has 1 N–H and O–H groups in total. The Hall–Kier alpha value is -3.95. The van der Waals surface area contributed by atoms with Gasteiger partial charge in [-0.3, -0.25) is 4.79 Å². The Kier molecular flexibility index (Phi) is 5.52. The van der Waals surface area contributed by atoms with Gasteiger partial charge in [0, 0.05) is 24.0 Å². The van der Waals surface area contributed by atoms with Gasteiger partial charge in [-0.25, -0.2) is 9.97 Å². The zero-order valence-corrected chi connectivity index (χ0v) is 17.1. The number of halogens is 3. The van der Waals surface area contributed by atoms with Crippen molar-refractivity contribution in [3.05, 3.63) is 77.9 Å². The Morgan fingerprint density at radius 3 is 2.50 bits per heavy atom. The molecule has 3 heterocycles. The van der Waals surface area contributed by atoms with Crippen molar-refractivity contribution in [3.8, 4) is 17.3 Å². The van der Waals surface area contributed by atoms with Gasteiger partial charge in [-0.1, -0.05) is 26.0 Å². The third kappa shape index (κ3) is 4.39. The van der Waals surface area contributed by atoms with Crippen LogP contribution in [0.2, 0.25) is 0 Å². The summed E-state index contributed by atoms with van der Waals surface area (Å²) in [5.41, 5.74) is 0.130. The van der Waals surface area contributed by atoms with Crippen molar-refractivity contribution in [3.63, 3.8) is 0 Å². The molecule has 0 radical (unpaired) electrons. The molecule has 10 heteroatoms. The molecule has 0 spiro atoms. The first kappa shape index (κ1) is 21.3. The van der Waals surface area contributed by atoms with Crippen LogP contribution in [0.3, 0.4) is 0 Å². The smallest absolute Gasteiger partial charge is 0.416 e. The number of carbonyl (C=O) groups is 1. The summed E-state index contributed by atoms with van der Waals surface area (Å²) < 4.78 is 45.9. The minimum Gasteiger partial charge on any atom is -0.451 e. The molecule has 0 atom stereocenters. The molecule has 7 nitrogen and oxygen atoms in total. The van der Waals surface area contributed by atoms with Crippen LogP contribution in [-0.2, 0) is 6.18 Å². The highest BCUT2D eigenvalue weighted by Gasteiger charge is 2.30. The predicted octanol–water partition coefficient (Wildman–Crippen LogP) is 5.32. The van der Waals surface area contributed by atoms with Gasteiger partial charge in [-0.05, 0) is 36.2 Å². The maximum Gasteiger partial charge on any atom is 0.416 e. The third-order valence-electron chi connectivity index (χ3n) is 4.61. The number of rotatable bonds is 5. The highest BCUT2D eigenvalue weighted by molar-refractivity contribution is 6.02. The van der Waals surface area contributed by atoms with Crippen LogP contribution in [-0.4, -0.2) is 25.7 Å². The van der Waals surface area contributed by atoms with E-state index in [-0.39, 0.29) is 29.0 Å². The summed E-state index contributed by atoms with van der Waals surface area (Å²) in [6.45, 7) is 3.91. The quantitative estimate of drug-likeness (QED) is 0.453. The Balaban J connectivity index is 1.61. The number of anilines is 1. The number of benzene rings is 1. The van der Waals surface area contributed by atoms with E-state index < -0.39 is 17.6 Å². The Labute approximate surface area is 180 Å². The van der Waals surface area contributed by atoms with E-state index in [0.717, 1.165) is 17.8 Å². The fourth-order valence-electron chi connectivity index (χ4n) is 2.97. The average molecular weight is 441 g/mol. The van der Waals surface area contributed by atoms with Gasteiger partial charge in [0.15, 0.2) is 5.76 Å². The van der Waals surface area contributed by atoms with Crippen LogP contribution in [0, 0.1) is 0 Å². The number of hydrogen-bond donors (Lipinski definition) is 1. The zero-order chi connectivity index (χ0) is 22.9. The molecule has 0 aliphatic rings. The average Bonchev–Trinajstić information content (AvgIpc) is 3.42. The molecule has 0 aliphatic carbocycles. The van der Waals surface area contributed by atoms with Crippen molar-refractivity contribution in [1.82, 2.24) is 19.7 Å². The summed E-state index contributed by atoms with van der Waals surface area (Å²) in [6.07, 6.45) is -1.37. The molecule has 4 rings (SSSR count). The van der Waals surface area contributed by atoms with Gasteiger partial charge in [-0.2, -0.15) is 23.0 Å². The molecular weight excluding hydrogens is 423 g/mol. The Morgan fingerprint density at radius 1 is 1.06 bits per heavy atom. The summed E-state index contributed by atoms with van der Waals surface area (Å²) in [7, 11) is 0. The van der Waals surface area contributed by atoms with E-state index in [4.69, 9.17) is 4.42 Å².